The van der Waals surface area contributed by atoms with Gasteiger partial charge in [-0.05, 0) is 65.7 Å². The first-order valence-electron chi connectivity index (χ1n) is 10.1. The molecule has 0 radical (unpaired) electrons. The zero-order valence-electron chi connectivity index (χ0n) is 17.9. The average Bonchev–Trinajstić information content (AvgIpc) is 3.21. The van der Waals surface area contributed by atoms with Gasteiger partial charge >= 0.3 is 0 Å². The van der Waals surface area contributed by atoms with Crippen molar-refractivity contribution in [2.45, 2.75) is 6.04 Å². The second-order valence-corrected chi connectivity index (χ2v) is 7.40. The number of rotatable bonds is 5. The maximum absolute atomic E-state index is 13.6. The Morgan fingerprint density at radius 2 is 1.59 bits per heavy atom. The molecule has 3 aromatic carbocycles. The third-order valence-electron chi connectivity index (χ3n) is 5.60. The third-order valence-corrected chi connectivity index (χ3v) is 5.60. The standard InChI is InChI=1S/C25H22FN3O3/c1-30-22-12-16(13-23(31-2)24(22)32-3)19-14-21(15-8-10-17(26)11-9-15)29-20-7-5-4-6-18(20)27-25(29)28-19/h4-14,19H,1-3H3,(H,27,28). The minimum atomic E-state index is -0.278. The van der Waals surface area contributed by atoms with E-state index >= 15 is 0 Å². The molecule has 1 atom stereocenters. The molecule has 6 nitrogen and oxygen atoms in total. The van der Waals surface area contributed by atoms with Crippen molar-refractivity contribution in [1.82, 2.24) is 9.55 Å². The molecule has 0 fully saturated rings. The van der Waals surface area contributed by atoms with Gasteiger partial charge in [-0.1, -0.05) is 12.1 Å². The Bertz CT molecular complexity index is 1300. The third kappa shape index (κ3) is 3.22. The van der Waals surface area contributed by atoms with Crippen LogP contribution in [0.25, 0.3) is 16.7 Å². The summed E-state index contributed by atoms with van der Waals surface area (Å²) in [7, 11) is 4.76. The molecular formula is C25H22FN3O3. The minimum Gasteiger partial charge on any atom is -0.493 e. The molecule has 1 aliphatic rings. The van der Waals surface area contributed by atoms with E-state index < -0.39 is 0 Å². The molecule has 0 saturated carbocycles. The molecule has 1 N–H and O–H groups in total. The lowest BCUT2D eigenvalue weighted by molar-refractivity contribution is 0.323. The first kappa shape index (κ1) is 19.9. The normalized spacial score (nSPS) is 15.0. The van der Waals surface area contributed by atoms with Crippen molar-refractivity contribution in [2.75, 3.05) is 26.6 Å². The zero-order chi connectivity index (χ0) is 22.2. The predicted octanol–water partition coefficient (Wildman–Crippen LogP) is 5.26. The quantitative estimate of drug-likeness (QED) is 0.467. The number of fused-ring (bicyclic) bond motifs is 3. The number of nitrogens with one attached hydrogen (secondary N) is 1. The van der Waals surface area contributed by atoms with E-state index in [1.54, 1.807) is 33.5 Å². The molecule has 0 saturated heterocycles. The van der Waals surface area contributed by atoms with Gasteiger partial charge in [0.15, 0.2) is 11.5 Å². The summed E-state index contributed by atoms with van der Waals surface area (Å²) in [5.74, 6) is 2.09. The lowest BCUT2D eigenvalue weighted by Gasteiger charge is -2.27. The SMILES string of the molecule is COc1cc(C2C=C(c3ccc(F)cc3)n3c(nc4ccccc43)N2)cc(OC)c1OC. The highest BCUT2D eigenvalue weighted by Gasteiger charge is 2.26. The highest BCUT2D eigenvalue weighted by atomic mass is 19.1. The lowest BCUT2D eigenvalue weighted by Crippen LogP contribution is -2.19. The van der Waals surface area contributed by atoms with Gasteiger partial charge in [0.2, 0.25) is 11.7 Å². The molecule has 1 aromatic heterocycles. The van der Waals surface area contributed by atoms with Crippen molar-refractivity contribution in [1.29, 1.82) is 0 Å². The van der Waals surface area contributed by atoms with E-state index in [9.17, 15) is 4.39 Å². The number of methoxy groups -OCH3 is 3. The fourth-order valence-electron chi connectivity index (χ4n) is 4.09. The number of nitrogens with zero attached hydrogens (tertiary/aromatic N) is 2. The first-order chi connectivity index (χ1) is 15.6. The number of benzene rings is 3. The van der Waals surface area contributed by atoms with Crippen LogP contribution in [0.5, 0.6) is 17.2 Å². The highest BCUT2D eigenvalue weighted by Crippen LogP contribution is 2.43. The fourth-order valence-corrected chi connectivity index (χ4v) is 4.09. The van der Waals surface area contributed by atoms with Gasteiger partial charge in [-0.3, -0.25) is 4.57 Å². The van der Waals surface area contributed by atoms with E-state index in [4.69, 9.17) is 19.2 Å². The van der Waals surface area contributed by atoms with Crippen LogP contribution in [0.4, 0.5) is 10.3 Å². The largest absolute Gasteiger partial charge is 0.493 e. The van der Waals surface area contributed by atoms with Crippen LogP contribution in [0.3, 0.4) is 0 Å². The van der Waals surface area contributed by atoms with Crippen molar-refractivity contribution >= 4 is 22.7 Å². The topological polar surface area (TPSA) is 57.5 Å². The zero-order valence-corrected chi connectivity index (χ0v) is 17.9. The number of para-hydroxylation sites is 2. The van der Waals surface area contributed by atoms with E-state index in [0.29, 0.717) is 23.2 Å². The molecule has 0 spiro atoms. The van der Waals surface area contributed by atoms with Crippen LogP contribution in [-0.4, -0.2) is 30.9 Å². The Morgan fingerprint density at radius 3 is 2.25 bits per heavy atom. The molecule has 0 amide bonds. The summed E-state index contributed by atoms with van der Waals surface area (Å²) in [5.41, 5.74) is 4.54. The number of imidazole rings is 1. The van der Waals surface area contributed by atoms with Crippen LogP contribution >= 0.6 is 0 Å². The minimum absolute atomic E-state index is 0.229. The summed E-state index contributed by atoms with van der Waals surface area (Å²) < 4.78 is 32.2. The molecule has 32 heavy (non-hydrogen) atoms. The van der Waals surface area contributed by atoms with E-state index in [-0.39, 0.29) is 11.9 Å². The first-order valence-corrected chi connectivity index (χ1v) is 10.1. The summed E-state index contributed by atoms with van der Waals surface area (Å²) in [6.45, 7) is 0. The Morgan fingerprint density at radius 1 is 0.906 bits per heavy atom. The molecule has 2 heterocycles. The van der Waals surface area contributed by atoms with Crippen molar-refractivity contribution < 1.29 is 18.6 Å². The van der Waals surface area contributed by atoms with Crippen LogP contribution in [0, 0.1) is 5.82 Å². The smallest absolute Gasteiger partial charge is 0.209 e. The van der Waals surface area contributed by atoms with E-state index in [2.05, 4.69) is 16.0 Å². The van der Waals surface area contributed by atoms with Crippen molar-refractivity contribution in [3.8, 4) is 17.2 Å². The summed E-state index contributed by atoms with van der Waals surface area (Å²) >= 11 is 0. The predicted molar refractivity (Wildman–Crippen MR) is 122 cm³/mol. The maximum Gasteiger partial charge on any atom is 0.209 e. The number of hydrogen-bond donors (Lipinski definition) is 1. The fraction of sp³-hybridized carbons (Fsp3) is 0.160. The number of halogens is 1. The van der Waals surface area contributed by atoms with Gasteiger partial charge in [-0.2, -0.15) is 0 Å². The molecule has 5 rings (SSSR count). The van der Waals surface area contributed by atoms with Crippen molar-refractivity contribution in [3.63, 3.8) is 0 Å². The van der Waals surface area contributed by atoms with Gasteiger partial charge in [0.25, 0.3) is 0 Å². The van der Waals surface area contributed by atoms with Gasteiger partial charge in [0.05, 0.1) is 44.1 Å². The van der Waals surface area contributed by atoms with Crippen LogP contribution in [0.15, 0.2) is 66.7 Å². The molecule has 7 heteroatoms. The lowest BCUT2D eigenvalue weighted by atomic mass is 10.0. The van der Waals surface area contributed by atoms with E-state index in [0.717, 1.165) is 27.9 Å². The highest BCUT2D eigenvalue weighted by molar-refractivity contribution is 5.88. The summed E-state index contributed by atoms with van der Waals surface area (Å²) in [5, 5.41) is 3.50. The number of aromatic nitrogens is 2. The molecule has 1 unspecified atom stereocenters. The van der Waals surface area contributed by atoms with Crippen LogP contribution in [0.1, 0.15) is 17.2 Å². The van der Waals surface area contributed by atoms with Crippen molar-refractivity contribution in [3.05, 3.63) is 83.7 Å². The van der Waals surface area contributed by atoms with Gasteiger partial charge < -0.3 is 19.5 Å². The number of hydrogen-bond acceptors (Lipinski definition) is 5. The molecule has 4 aromatic rings. The Labute approximate surface area is 184 Å². The van der Waals surface area contributed by atoms with Gasteiger partial charge in [0.1, 0.15) is 5.82 Å². The number of anilines is 1. The molecule has 0 aliphatic carbocycles. The number of ether oxygens (including phenoxy) is 3. The van der Waals surface area contributed by atoms with Crippen LogP contribution in [-0.2, 0) is 0 Å². The summed E-state index contributed by atoms with van der Waals surface area (Å²) in [4.78, 5) is 4.79. The molecule has 162 valence electrons. The average molecular weight is 431 g/mol. The van der Waals surface area contributed by atoms with Crippen LogP contribution in [0.2, 0.25) is 0 Å². The molecule has 0 bridgehead atoms. The molecular weight excluding hydrogens is 409 g/mol. The summed E-state index contributed by atoms with van der Waals surface area (Å²) in [6.07, 6.45) is 2.09. The Hall–Kier alpha value is -4.00. The Balaban J connectivity index is 1.70. The second-order valence-electron chi connectivity index (χ2n) is 7.40. The monoisotopic (exact) mass is 431 g/mol. The van der Waals surface area contributed by atoms with Crippen molar-refractivity contribution in [2.24, 2.45) is 0 Å². The van der Waals surface area contributed by atoms with Gasteiger partial charge in [0, 0.05) is 0 Å². The second kappa shape index (κ2) is 7.92. The van der Waals surface area contributed by atoms with Gasteiger partial charge in [-0.25, -0.2) is 9.37 Å². The van der Waals surface area contributed by atoms with Crippen LogP contribution < -0.4 is 19.5 Å². The Kier molecular flexibility index (Phi) is 4.93. The van der Waals surface area contributed by atoms with E-state index in [1.807, 2.05) is 36.4 Å². The van der Waals surface area contributed by atoms with E-state index in [1.165, 1.54) is 12.1 Å². The maximum atomic E-state index is 13.6. The molecule has 1 aliphatic heterocycles. The van der Waals surface area contributed by atoms with Gasteiger partial charge in [-0.15, -0.1) is 0 Å². The summed E-state index contributed by atoms with van der Waals surface area (Å²) in [6, 6.07) is 18.0.